The Morgan fingerprint density at radius 2 is 1.69 bits per heavy atom. The van der Waals surface area contributed by atoms with Gasteiger partial charge >= 0.3 is 5.97 Å². The van der Waals surface area contributed by atoms with E-state index in [-0.39, 0.29) is 30.0 Å². The number of carbonyl (C=O) groups excluding carboxylic acids is 4. The molecule has 2 aromatic carbocycles. The van der Waals surface area contributed by atoms with Crippen molar-refractivity contribution in [1.82, 2.24) is 10.4 Å². The molecule has 1 aliphatic rings. The Balaban J connectivity index is 1.56. The molecule has 1 heterocycles. The first-order chi connectivity index (χ1) is 16.8. The Kier molecular flexibility index (Phi) is 8.37. The van der Waals surface area contributed by atoms with E-state index in [2.05, 4.69) is 10.7 Å². The largest absolute Gasteiger partial charge is 0.496 e. The maximum atomic E-state index is 12.8. The predicted octanol–water partition coefficient (Wildman–Crippen LogP) is 2.04. The van der Waals surface area contributed by atoms with E-state index in [1.54, 1.807) is 30.3 Å². The molecule has 1 saturated heterocycles. The molecule has 186 valence electrons. The van der Waals surface area contributed by atoms with Gasteiger partial charge in [-0.1, -0.05) is 17.7 Å². The van der Waals surface area contributed by atoms with Crippen molar-refractivity contribution in [3.8, 4) is 17.2 Å². The molecule has 2 aromatic rings. The van der Waals surface area contributed by atoms with Crippen molar-refractivity contribution in [3.05, 3.63) is 47.0 Å². The van der Waals surface area contributed by atoms with Crippen LogP contribution in [0.4, 0.5) is 5.69 Å². The fourth-order valence-corrected chi connectivity index (χ4v) is 3.62. The van der Waals surface area contributed by atoms with Gasteiger partial charge in [-0.3, -0.25) is 29.6 Å². The maximum Gasteiger partial charge on any atom is 0.311 e. The van der Waals surface area contributed by atoms with Crippen LogP contribution in [-0.4, -0.2) is 63.2 Å². The highest BCUT2D eigenvalue weighted by Crippen LogP contribution is 2.29. The number of benzene rings is 2. The fourth-order valence-electron chi connectivity index (χ4n) is 3.45. The number of amides is 3. The van der Waals surface area contributed by atoms with Gasteiger partial charge in [0.05, 0.1) is 39.5 Å². The number of rotatable bonds is 9. The topological polar surface area (TPSA) is 132 Å². The van der Waals surface area contributed by atoms with E-state index < -0.39 is 36.2 Å². The van der Waals surface area contributed by atoms with E-state index >= 15 is 0 Å². The first-order valence-corrected chi connectivity index (χ1v) is 10.8. The second kappa shape index (κ2) is 11.4. The van der Waals surface area contributed by atoms with Crippen molar-refractivity contribution in [2.24, 2.45) is 5.92 Å². The van der Waals surface area contributed by atoms with E-state index in [9.17, 15) is 19.2 Å². The molecule has 35 heavy (non-hydrogen) atoms. The Hall–Kier alpha value is -3.99. The van der Waals surface area contributed by atoms with Gasteiger partial charge in [-0.25, -0.2) is 0 Å². The molecule has 0 unspecified atom stereocenters. The van der Waals surface area contributed by atoms with Crippen molar-refractivity contribution >= 4 is 41.0 Å². The molecule has 0 bridgehead atoms. The molecule has 2 N–H and O–H groups in total. The van der Waals surface area contributed by atoms with Gasteiger partial charge in [0.25, 0.3) is 11.8 Å². The quantitative estimate of drug-likeness (QED) is 0.495. The van der Waals surface area contributed by atoms with Crippen LogP contribution < -0.4 is 25.0 Å². The van der Waals surface area contributed by atoms with Crippen LogP contribution in [0.25, 0.3) is 0 Å². The van der Waals surface area contributed by atoms with E-state index in [0.29, 0.717) is 16.5 Å². The molecule has 3 amide bonds. The molecule has 0 aliphatic carbocycles. The number of nitrogens with one attached hydrogen (secondary N) is 2. The zero-order valence-corrected chi connectivity index (χ0v) is 20.0. The minimum atomic E-state index is -0.865. The lowest BCUT2D eigenvalue weighted by molar-refractivity contribution is -0.151. The molecule has 0 spiro atoms. The van der Waals surface area contributed by atoms with Crippen LogP contribution in [0.1, 0.15) is 16.8 Å². The van der Waals surface area contributed by atoms with Crippen LogP contribution in [0.5, 0.6) is 17.2 Å². The number of halogens is 1. The van der Waals surface area contributed by atoms with Crippen molar-refractivity contribution in [1.29, 1.82) is 0 Å². The standard InChI is InChI=1S/C23H24ClN3O8/c1-32-16-8-7-14(24)10-15(16)25-19(28)12-35-23(31)13-9-20(29)27(11-13)26-22(30)21-17(33-2)5-4-6-18(21)34-3/h4-8,10,13H,9,11-12H2,1-3H3,(H,25,28)(H,26,30)/t13-/m0/s1. The lowest BCUT2D eigenvalue weighted by atomic mass is 10.1. The second-order valence-electron chi connectivity index (χ2n) is 7.38. The molecule has 0 saturated carbocycles. The molecule has 1 fully saturated rings. The Morgan fingerprint density at radius 1 is 1.03 bits per heavy atom. The number of nitrogens with zero attached hydrogens (tertiary/aromatic N) is 1. The summed E-state index contributed by atoms with van der Waals surface area (Å²) >= 11 is 5.93. The van der Waals surface area contributed by atoms with Crippen molar-refractivity contribution in [2.75, 3.05) is 39.8 Å². The number of hydrogen-bond donors (Lipinski definition) is 2. The smallest absolute Gasteiger partial charge is 0.311 e. The normalized spacial score (nSPS) is 14.8. The average Bonchev–Trinajstić information content (AvgIpc) is 3.21. The summed E-state index contributed by atoms with van der Waals surface area (Å²) in [6, 6.07) is 9.48. The van der Waals surface area contributed by atoms with Gasteiger partial charge in [-0.2, -0.15) is 0 Å². The van der Waals surface area contributed by atoms with Crippen LogP contribution in [0.15, 0.2) is 36.4 Å². The van der Waals surface area contributed by atoms with Crippen LogP contribution in [0.2, 0.25) is 5.02 Å². The van der Waals surface area contributed by atoms with Crippen LogP contribution in [-0.2, 0) is 19.1 Å². The van der Waals surface area contributed by atoms with Crippen molar-refractivity contribution < 1.29 is 38.1 Å². The molecular formula is C23H24ClN3O8. The summed E-state index contributed by atoms with van der Waals surface area (Å²) in [6.07, 6.45) is -0.189. The van der Waals surface area contributed by atoms with Crippen molar-refractivity contribution in [2.45, 2.75) is 6.42 Å². The maximum absolute atomic E-state index is 12.8. The van der Waals surface area contributed by atoms with Crippen molar-refractivity contribution in [3.63, 3.8) is 0 Å². The number of hydrazine groups is 1. The third kappa shape index (κ3) is 6.12. The Morgan fingerprint density at radius 3 is 2.31 bits per heavy atom. The Labute approximate surface area is 206 Å². The highest BCUT2D eigenvalue weighted by molar-refractivity contribution is 6.31. The summed E-state index contributed by atoms with van der Waals surface area (Å²) < 4.78 is 20.6. The molecule has 1 atom stereocenters. The molecule has 11 nitrogen and oxygen atoms in total. The van der Waals surface area contributed by atoms with Gasteiger partial charge in [0, 0.05) is 11.4 Å². The highest BCUT2D eigenvalue weighted by atomic mass is 35.5. The monoisotopic (exact) mass is 505 g/mol. The molecule has 0 radical (unpaired) electrons. The molecule has 12 heteroatoms. The summed E-state index contributed by atoms with van der Waals surface area (Å²) in [7, 11) is 4.24. The first-order valence-electron chi connectivity index (χ1n) is 10.4. The van der Waals surface area contributed by atoms with E-state index in [0.717, 1.165) is 5.01 Å². The third-order valence-electron chi connectivity index (χ3n) is 5.13. The molecule has 3 rings (SSSR count). The van der Waals surface area contributed by atoms with Crippen LogP contribution in [0.3, 0.4) is 0 Å². The minimum absolute atomic E-state index is 0.101. The van der Waals surface area contributed by atoms with E-state index in [1.807, 2.05) is 0 Å². The lowest BCUT2D eigenvalue weighted by Gasteiger charge is -2.19. The van der Waals surface area contributed by atoms with Gasteiger partial charge < -0.3 is 24.3 Å². The van der Waals surface area contributed by atoms with Gasteiger partial charge in [-0.05, 0) is 30.3 Å². The van der Waals surface area contributed by atoms with Crippen LogP contribution >= 0.6 is 11.6 Å². The fraction of sp³-hybridized carbons (Fsp3) is 0.304. The number of ether oxygens (including phenoxy) is 4. The van der Waals surface area contributed by atoms with Gasteiger partial charge in [0.1, 0.15) is 22.8 Å². The minimum Gasteiger partial charge on any atom is -0.496 e. The first kappa shape index (κ1) is 25.6. The van der Waals surface area contributed by atoms with E-state index in [4.69, 9.17) is 30.5 Å². The van der Waals surface area contributed by atoms with Gasteiger partial charge in [0.2, 0.25) is 5.91 Å². The second-order valence-corrected chi connectivity index (χ2v) is 7.82. The summed E-state index contributed by atoms with van der Waals surface area (Å²) in [5.74, 6) is -2.46. The number of hydrogen-bond acceptors (Lipinski definition) is 8. The molecule has 0 aromatic heterocycles. The molecule has 1 aliphatic heterocycles. The number of anilines is 1. The third-order valence-corrected chi connectivity index (χ3v) is 5.37. The zero-order valence-electron chi connectivity index (χ0n) is 19.3. The highest BCUT2D eigenvalue weighted by Gasteiger charge is 2.37. The van der Waals surface area contributed by atoms with Crippen LogP contribution in [0, 0.1) is 5.92 Å². The SMILES string of the molecule is COc1ccc(Cl)cc1NC(=O)COC(=O)[C@H]1CC(=O)N(NC(=O)c2c(OC)cccc2OC)C1. The summed E-state index contributed by atoms with van der Waals surface area (Å²) in [5.41, 5.74) is 2.88. The number of methoxy groups -OCH3 is 3. The zero-order chi connectivity index (χ0) is 25.5. The number of esters is 1. The Bertz CT molecular complexity index is 1120. The van der Waals surface area contributed by atoms with Gasteiger partial charge in [-0.15, -0.1) is 0 Å². The van der Waals surface area contributed by atoms with Gasteiger partial charge in [0.15, 0.2) is 6.61 Å². The summed E-state index contributed by atoms with van der Waals surface area (Å²) in [5, 5.41) is 3.96. The predicted molar refractivity (Wildman–Crippen MR) is 124 cm³/mol. The lowest BCUT2D eigenvalue weighted by Crippen LogP contribution is -2.43. The average molecular weight is 506 g/mol. The molecular weight excluding hydrogens is 482 g/mol. The summed E-state index contributed by atoms with van der Waals surface area (Å²) in [6.45, 7) is -0.700. The summed E-state index contributed by atoms with van der Waals surface area (Å²) in [4.78, 5) is 49.8. The van der Waals surface area contributed by atoms with E-state index in [1.165, 1.54) is 27.4 Å². The number of carbonyl (C=O) groups is 4.